The summed E-state index contributed by atoms with van der Waals surface area (Å²) in [4.78, 5) is 28.7. The van der Waals surface area contributed by atoms with Gasteiger partial charge in [0, 0.05) is 12.1 Å². The molecule has 0 aromatic heterocycles. The van der Waals surface area contributed by atoms with Crippen LogP contribution in [0.4, 0.5) is 5.69 Å². The Bertz CT molecular complexity index is 479. The molecule has 6 heteroatoms. The monoisotopic (exact) mass is 294 g/mol. The number of nitrogen functional groups attached to an aromatic ring is 1. The van der Waals surface area contributed by atoms with Gasteiger partial charge in [-0.25, -0.2) is 9.86 Å². The number of rotatable bonds is 6. The van der Waals surface area contributed by atoms with E-state index in [-0.39, 0.29) is 6.42 Å². The number of benzene rings is 1. The van der Waals surface area contributed by atoms with Gasteiger partial charge in [0.05, 0.1) is 12.7 Å². The van der Waals surface area contributed by atoms with Crippen LogP contribution in [0.3, 0.4) is 0 Å². The number of carbonyl (C=O) groups is 2. The van der Waals surface area contributed by atoms with E-state index in [9.17, 15) is 9.59 Å². The molecule has 1 atom stereocenters. The number of nitrogens with two attached hydrogens (primary N) is 1. The predicted molar refractivity (Wildman–Crippen MR) is 79.1 cm³/mol. The van der Waals surface area contributed by atoms with Crippen molar-refractivity contribution in [3.05, 3.63) is 29.8 Å². The Balaban J connectivity index is 2.95. The number of hydroxylamine groups is 2. The maximum absolute atomic E-state index is 11.9. The van der Waals surface area contributed by atoms with Crippen LogP contribution in [0.15, 0.2) is 24.3 Å². The molecular formula is C15H22N2O4. The molecular weight excluding hydrogens is 272 g/mol. The van der Waals surface area contributed by atoms with Crippen LogP contribution in [0.2, 0.25) is 0 Å². The summed E-state index contributed by atoms with van der Waals surface area (Å²) in [5.74, 6) is -0.539. The van der Waals surface area contributed by atoms with Crippen LogP contribution >= 0.6 is 0 Å². The van der Waals surface area contributed by atoms with Gasteiger partial charge in [-0.1, -0.05) is 12.1 Å². The van der Waals surface area contributed by atoms with Crippen molar-refractivity contribution >= 4 is 18.1 Å². The summed E-state index contributed by atoms with van der Waals surface area (Å²) in [6, 6.07) is 6.21. The third-order valence-corrected chi connectivity index (χ3v) is 2.67. The first-order valence-corrected chi connectivity index (χ1v) is 6.62. The number of hydrogen-bond donors (Lipinski definition) is 1. The van der Waals surface area contributed by atoms with Gasteiger partial charge in [-0.05, 0) is 38.5 Å². The molecule has 1 aromatic carbocycles. The highest BCUT2D eigenvalue weighted by atomic mass is 16.7. The molecule has 0 saturated carbocycles. The third kappa shape index (κ3) is 5.43. The minimum Gasteiger partial charge on any atom is -0.467 e. The number of methoxy groups -OCH3 is 1. The van der Waals surface area contributed by atoms with Gasteiger partial charge in [-0.2, -0.15) is 0 Å². The second kappa shape index (κ2) is 7.08. The normalized spacial score (nSPS) is 12.6. The van der Waals surface area contributed by atoms with Crippen LogP contribution in [-0.2, 0) is 25.6 Å². The van der Waals surface area contributed by atoms with Gasteiger partial charge in [0.15, 0.2) is 6.04 Å². The van der Waals surface area contributed by atoms with Crippen LogP contribution in [0, 0.1) is 0 Å². The van der Waals surface area contributed by atoms with Gasteiger partial charge >= 0.3 is 5.97 Å². The maximum atomic E-state index is 11.9. The highest BCUT2D eigenvalue weighted by molar-refractivity contribution is 5.78. The second-order valence-electron chi connectivity index (χ2n) is 5.65. The van der Waals surface area contributed by atoms with Crippen LogP contribution < -0.4 is 5.73 Å². The second-order valence-corrected chi connectivity index (χ2v) is 5.65. The summed E-state index contributed by atoms with van der Waals surface area (Å²) in [6.07, 6.45) is 0.770. The molecule has 0 heterocycles. The molecule has 0 bridgehead atoms. The van der Waals surface area contributed by atoms with Crippen molar-refractivity contribution in [3.63, 3.8) is 0 Å². The average molecular weight is 294 g/mol. The molecule has 6 nitrogen and oxygen atoms in total. The molecule has 1 unspecified atom stereocenters. The molecule has 0 radical (unpaired) electrons. The third-order valence-electron chi connectivity index (χ3n) is 2.67. The lowest BCUT2D eigenvalue weighted by Gasteiger charge is -2.31. The van der Waals surface area contributed by atoms with Crippen molar-refractivity contribution < 1.29 is 19.2 Å². The van der Waals surface area contributed by atoms with Crippen LogP contribution in [0.1, 0.15) is 26.3 Å². The molecule has 1 aromatic rings. The van der Waals surface area contributed by atoms with Gasteiger partial charge in [-0.3, -0.25) is 9.63 Å². The number of ether oxygens (including phenoxy) is 1. The number of carbonyl (C=O) groups excluding carboxylic acids is 2. The van der Waals surface area contributed by atoms with E-state index in [2.05, 4.69) is 0 Å². The molecule has 116 valence electrons. The lowest BCUT2D eigenvalue weighted by atomic mass is 10.1. The van der Waals surface area contributed by atoms with Crippen LogP contribution in [-0.4, -0.2) is 36.2 Å². The van der Waals surface area contributed by atoms with E-state index in [4.69, 9.17) is 15.3 Å². The van der Waals surface area contributed by atoms with E-state index in [1.54, 1.807) is 45.0 Å². The van der Waals surface area contributed by atoms with Crippen LogP contribution in [0.5, 0.6) is 0 Å². The lowest BCUT2D eigenvalue weighted by molar-refractivity contribution is -0.235. The minimum atomic E-state index is -0.852. The smallest absolute Gasteiger partial charge is 0.331 e. The number of hydrogen-bond acceptors (Lipinski definition) is 5. The van der Waals surface area contributed by atoms with E-state index in [1.807, 2.05) is 0 Å². The van der Waals surface area contributed by atoms with Gasteiger partial charge in [0.1, 0.15) is 0 Å². The first-order chi connectivity index (χ1) is 9.76. The summed E-state index contributed by atoms with van der Waals surface area (Å²) in [7, 11) is 1.28. The molecule has 0 aliphatic rings. The Morgan fingerprint density at radius 1 is 1.33 bits per heavy atom. The number of amides is 1. The number of nitrogens with zero attached hydrogens (tertiary/aromatic N) is 1. The molecule has 21 heavy (non-hydrogen) atoms. The Morgan fingerprint density at radius 2 is 1.90 bits per heavy atom. The van der Waals surface area contributed by atoms with Gasteiger partial charge < -0.3 is 10.5 Å². The Labute approximate surface area is 124 Å². The summed E-state index contributed by atoms with van der Waals surface area (Å²) >= 11 is 0. The van der Waals surface area contributed by atoms with Crippen molar-refractivity contribution in [1.29, 1.82) is 0 Å². The van der Waals surface area contributed by atoms with Gasteiger partial charge in [0.25, 0.3) is 0 Å². The zero-order chi connectivity index (χ0) is 16.0. The molecule has 0 aliphatic carbocycles. The zero-order valence-corrected chi connectivity index (χ0v) is 12.8. The first kappa shape index (κ1) is 17.0. The van der Waals surface area contributed by atoms with E-state index >= 15 is 0 Å². The van der Waals surface area contributed by atoms with Crippen molar-refractivity contribution in [2.75, 3.05) is 12.8 Å². The van der Waals surface area contributed by atoms with Gasteiger partial charge in [-0.15, -0.1) is 0 Å². The topological polar surface area (TPSA) is 81.9 Å². The van der Waals surface area contributed by atoms with Crippen molar-refractivity contribution in [2.45, 2.75) is 38.8 Å². The molecule has 2 N–H and O–H groups in total. The molecule has 0 fully saturated rings. The summed E-state index contributed by atoms with van der Waals surface area (Å²) < 4.78 is 4.76. The standard InChI is InChI=1S/C15H22N2O4/c1-15(2,3)21-17(10-18)13(14(19)20-4)9-11-5-7-12(16)8-6-11/h5-8,10,13H,9,16H2,1-4H3. The Morgan fingerprint density at radius 3 is 2.33 bits per heavy atom. The fourth-order valence-corrected chi connectivity index (χ4v) is 1.77. The number of esters is 1. The Hall–Kier alpha value is -2.08. The SMILES string of the molecule is COC(=O)C(Cc1ccc(N)cc1)N(C=O)OC(C)(C)C. The Kier molecular flexibility index (Phi) is 5.72. The van der Waals surface area contributed by atoms with Crippen molar-refractivity contribution in [1.82, 2.24) is 5.06 Å². The quantitative estimate of drug-likeness (QED) is 0.372. The zero-order valence-electron chi connectivity index (χ0n) is 12.8. The van der Waals surface area contributed by atoms with Gasteiger partial charge in [0.2, 0.25) is 6.41 Å². The molecule has 0 aliphatic heterocycles. The average Bonchev–Trinajstić information content (AvgIpc) is 2.42. The largest absolute Gasteiger partial charge is 0.467 e. The van der Waals surface area contributed by atoms with Crippen molar-refractivity contribution in [3.8, 4) is 0 Å². The van der Waals surface area contributed by atoms with E-state index in [0.717, 1.165) is 10.6 Å². The summed E-state index contributed by atoms with van der Waals surface area (Å²) in [5, 5.41) is 1.00. The predicted octanol–water partition coefficient (Wildman–Crippen LogP) is 1.54. The lowest BCUT2D eigenvalue weighted by Crippen LogP contribution is -2.46. The van der Waals surface area contributed by atoms with Crippen molar-refractivity contribution in [2.24, 2.45) is 0 Å². The van der Waals surface area contributed by atoms with E-state index in [0.29, 0.717) is 12.1 Å². The summed E-state index contributed by atoms with van der Waals surface area (Å²) in [6.45, 7) is 5.38. The van der Waals surface area contributed by atoms with Crippen LogP contribution in [0.25, 0.3) is 0 Å². The van der Waals surface area contributed by atoms with E-state index in [1.165, 1.54) is 7.11 Å². The maximum Gasteiger partial charge on any atom is 0.331 e. The molecule has 0 saturated heterocycles. The fraction of sp³-hybridized carbons (Fsp3) is 0.467. The molecule has 1 amide bonds. The summed E-state index contributed by atoms with van der Waals surface area (Å²) in [5.41, 5.74) is 6.51. The molecule has 1 rings (SSSR count). The highest BCUT2D eigenvalue weighted by Gasteiger charge is 2.30. The number of anilines is 1. The van der Waals surface area contributed by atoms with E-state index < -0.39 is 17.6 Å². The fourth-order valence-electron chi connectivity index (χ4n) is 1.77. The highest BCUT2D eigenvalue weighted by Crippen LogP contribution is 2.16. The molecule has 0 spiro atoms. The minimum absolute atomic E-state index is 0.280. The first-order valence-electron chi connectivity index (χ1n) is 6.62.